The highest BCUT2D eigenvalue weighted by Gasteiger charge is 2.27. The molecule has 0 aromatic heterocycles. The average Bonchev–Trinajstić information content (AvgIpc) is 2.09. The maximum Gasteiger partial charge on any atom is 0.000439 e. The minimum atomic E-state index is 0.646. The van der Waals surface area contributed by atoms with Crippen LogP contribution in [0.25, 0.3) is 0 Å². The summed E-state index contributed by atoms with van der Waals surface area (Å²) in [6.45, 7) is 13.3. The molecule has 1 saturated heterocycles. The van der Waals surface area contributed by atoms with E-state index in [0.717, 1.165) is 5.92 Å². The van der Waals surface area contributed by atoms with E-state index in [1.807, 2.05) is 0 Å². The van der Waals surface area contributed by atoms with Gasteiger partial charge in [0.25, 0.3) is 0 Å². The van der Waals surface area contributed by atoms with E-state index in [0.29, 0.717) is 5.41 Å². The number of rotatable bonds is 3. The van der Waals surface area contributed by atoms with E-state index in [4.69, 9.17) is 0 Å². The molecule has 0 saturated carbocycles. The molecule has 0 aromatic carbocycles. The quantitative estimate of drug-likeness (QED) is 0.649. The van der Waals surface area contributed by atoms with Gasteiger partial charge in [-0.25, -0.2) is 0 Å². The molecule has 1 aliphatic rings. The summed E-state index contributed by atoms with van der Waals surface area (Å²) in [7, 11) is 0. The molecule has 0 aromatic rings. The van der Waals surface area contributed by atoms with Crippen molar-refractivity contribution in [2.24, 2.45) is 11.3 Å². The van der Waals surface area contributed by atoms with Crippen LogP contribution in [-0.4, -0.2) is 24.5 Å². The van der Waals surface area contributed by atoms with Crippen molar-refractivity contribution in [3.05, 3.63) is 0 Å². The highest BCUT2D eigenvalue weighted by atomic mass is 15.1. The smallest absolute Gasteiger partial charge is 0.000439 e. The third-order valence-corrected chi connectivity index (χ3v) is 3.54. The summed E-state index contributed by atoms with van der Waals surface area (Å²) in [6, 6.07) is 0. The van der Waals surface area contributed by atoms with Crippen molar-refractivity contribution in [2.75, 3.05) is 19.6 Å². The zero-order valence-corrected chi connectivity index (χ0v) is 9.77. The van der Waals surface area contributed by atoms with E-state index < -0.39 is 0 Å². The predicted molar refractivity (Wildman–Crippen MR) is 58.9 cm³/mol. The van der Waals surface area contributed by atoms with Crippen molar-refractivity contribution >= 4 is 0 Å². The summed E-state index contributed by atoms with van der Waals surface area (Å²) in [5, 5.41) is 0. The lowest BCUT2D eigenvalue weighted by atomic mass is 9.78. The highest BCUT2D eigenvalue weighted by Crippen LogP contribution is 2.33. The Morgan fingerprint density at radius 3 is 2.15 bits per heavy atom. The lowest BCUT2D eigenvalue weighted by molar-refractivity contribution is 0.105. The molecule has 1 fully saturated rings. The van der Waals surface area contributed by atoms with Crippen molar-refractivity contribution in [1.29, 1.82) is 0 Å². The zero-order valence-electron chi connectivity index (χ0n) is 9.77. The van der Waals surface area contributed by atoms with E-state index in [1.165, 1.54) is 38.9 Å². The molecule has 0 radical (unpaired) electrons. The number of nitrogens with zero attached hydrogens (tertiary/aromatic N) is 1. The van der Waals surface area contributed by atoms with Gasteiger partial charge in [-0.2, -0.15) is 0 Å². The molecule has 1 heteroatoms. The van der Waals surface area contributed by atoms with Crippen molar-refractivity contribution in [1.82, 2.24) is 4.90 Å². The van der Waals surface area contributed by atoms with Gasteiger partial charge >= 0.3 is 0 Å². The van der Waals surface area contributed by atoms with Crippen LogP contribution in [-0.2, 0) is 0 Å². The van der Waals surface area contributed by atoms with Gasteiger partial charge < -0.3 is 4.90 Å². The van der Waals surface area contributed by atoms with Crippen LogP contribution in [0.5, 0.6) is 0 Å². The Morgan fingerprint density at radius 2 is 1.77 bits per heavy atom. The summed E-state index contributed by atoms with van der Waals surface area (Å²) in [5.74, 6) is 0.825. The average molecular weight is 183 g/mol. The molecular weight excluding hydrogens is 158 g/mol. The van der Waals surface area contributed by atoms with E-state index in [9.17, 15) is 0 Å². The first-order valence-corrected chi connectivity index (χ1v) is 5.78. The Bertz CT molecular complexity index is 143. The van der Waals surface area contributed by atoms with Gasteiger partial charge in [0, 0.05) is 6.54 Å². The molecule has 1 rings (SSSR count). The van der Waals surface area contributed by atoms with Crippen LogP contribution in [0.15, 0.2) is 0 Å². The molecular formula is C12H25N. The van der Waals surface area contributed by atoms with Crippen LogP contribution in [0.2, 0.25) is 0 Å². The van der Waals surface area contributed by atoms with Gasteiger partial charge in [0.15, 0.2) is 0 Å². The SMILES string of the molecule is CCC1(C)CCN(CC(C)C)CC1. The van der Waals surface area contributed by atoms with Crippen molar-refractivity contribution in [3.8, 4) is 0 Å². The van der Waals surface area contributed by atoms with Gasteiger partial charge in [-0.3, -0.25) is 0 Å². The van der Waals surface area contributed by atoms with E-state index in [-0.39, 0.29) is 0 Å². The van der Waals surface area contributed by atoms with Crippen LogP contribution in [0, 0.1) is 11.3 Å². The normalized spacial score (nSPS) is 23.8. The number of piperidine rings is 1. The third kappa shape index (κ3) is 3.30. The van der Waals surface area contributed by atoms with E-state index >= 15 is 0 Å². The number of hydrogen-bond acceptors (Lipinski definition) is 1. The van der Waals surface area contributed by atoms with Gasteiger partial charge in [0.2, 0.25) is 0 Å². The summed E-state index contributed by atoms with van der Waals surface area (Å²) in [4.78, 5) is 2.63. The molecule has 0 aliphatic carbocycles. The summed E-state index contributed by atoms with van der Waals surface area (Å²) >= 11 is 0. The third-order valence-electron chi connectivity index (χ3n) is 3.54. The van der Waals surface area contributed by atoms with Gasteiger partial charge in [-0.15, -0.1) is 0 Å². The molecule has 0 atom stereocenters. The lowest BCUT2D eigenvalue weighted by Crippen LogP contribution is -2.40. The first kappa shape index (κ1) is 11.0. The van der Waals surface area contributed by atoms with Crippen LogP contribution in [0.1, 0.15) is 47.0 Å². The number of likely N-dealkylation sites (tertiary alicyclic amines) is 1. The first-order chi connectivity index (χ1) is 6.06. The monoisotopic (exact) mass is 183 g/mol. The molecule has 1 nitrogen and oxygen atoms in total. The van der Waals surface area contributed by atoms with Crippen molar-refractivity contribution < 1.29 is 0 Å². The molecule has 78 valence electrons. The molecule has 13 heavy (non-hydrogen) atoms. The van der Waals surface area contributed by atoms with E-state index in [1.54, 1.807) is 0 Å². The largest absolute Gasteiger partial charge is 0.303 e. The van der Waals surface area contributed by atoms with Crippen LogP contribution >= 0.6 is 0 Å². The molecule has 0 unspecified atom stereocenters. The maximum absolute atomic E-state index is 2.63. The fraction of sp³-hybridized carbons (Fsp3) is 1.00. The van der Waals surface area contributed by atoms with Crippen molar-refractivity contribution in [3.63, 3.8) is 0 Å². The molecule has 1 aliphatic heterocycles. The Kier molecular flexibility index (Phi) is 3.78. The molecule has 0 bridgehead atoms. The first-order valence-electron chi connectivity index (χ1n) is 5.78. The second-order valence-corrected chi connectivity index (χ2v) is 5.36. The summed E-state index contributed by atoms with van der Waals surface area (Å²) < 4.78 is 0. The topological polar surface area (TPSA) is 3.24 Å². The van der Waals surface area contributed by atoms with Gasteiger partial charge in [-0.1, -0.05) is 34.1 Å². The fourth-order valence-electron chi connectivity index (χ4n) is 2.15. The summed E-state index contributed by atoms with van der Waals surface area (Å²) in [6.07, 6.45) is 4.15. The van der Waals surface area contributed by atoms with Crippen LogP contribution in [0.3, 0.4) is 0 Å². The summed E-state index contributed by atoms with van der Waals surface area (Å²) in [5.41, 5.74) is 0.646. The van der Waals surface area contributed by atoms with Gasteiger partial charge in [0.05, 0.1) is 0 Å². The predicted octanol–water partition coefficient (Wildman–Crippen LogP) is 3.15. The molecule has 0 N–H and O–H groups in total. The molecule has 0 spiro atoms. The standard InChI is InChI=1S/C12H25N/c1-5-12(4)6-8-13(9-7-12)10-11(2)3/h11H,5-10H2,1-4H3. The molecule has 0 amide bonds. The van der Waals surface area contributed by atoms with Crippen LogP contribution < -0.4 is 0 Å². The Balaban J connectivity index is 2.30. The minimum Gasteiger partial charge on any atom is -0.303 e. The zero-order chi connectivity index (χ0) is 9.90. The number of hydrogen-bond donors (Lipinski definition) is 0. The molecule has 1 heterocycles. The van der Waals surface area contributed by atoms with Crippen molar-refractivity contribution in [2.45, 2.75) is 47.0 Å². The second kappa shape index (κ2) is 4.45. The van der Waals surface area contributed by atoms with E-state index in [2.05, 4.69) is 32.6 Å². The maximum atomic E-state index is 2.63. The lowest BCUT2D eigenvalue weighted by Gasteiger charge is -2.39. The Labute approximate surface area is 83.5 Å². The van der Waals surface area contributed by atoms with Gasteiger partial charge in [0.1, 0.15) is 0 Å². The Morgan fingerprint density at radius 1 is 1.23 bits per heavy atom. The highest BCUT2D eigenvalue weighted by molar-refractivity contribution is 4.81. The Hall–Kier alpha value is -0.0400. The second-order valence-electron chi connectivity index (χ2n) is 5.36. The fourth-order valence-corrected chi connectivity index (χ4v) is 2.15. The minimum absolute atomic E-state index is 0.646. The van der Waals surface area contributed by atoms with Gasteiger partial charge in [-0.05, 0) is 37.3 Å². The van der Waals surface area contributed by atoms with Crippen LogP contribution in [0.4, 0.5) is 0 Å².